The molecule has 0 radical (unpaired) electrons. The number of rotatable bonds is 4. The molecule has 4 heteroatoms. The molecule has 17 heavy (non-hydrogen) atoms. The molecule has 4 nitrogen and oxygen atoms in total. The molecule has 0 saturated carbocycles. The third-order valence-corrected chi connectivity index (χ3v) is 2.64. The highest BCUT2D eigenvalue weighted by Crippen LogP contribution is 2.24. The van der Waals surface area contributed by atoms with Crippen molar-refractivity contribution < 1.29 is 14.3 Å². The fraction of sp³-hybridized carbons (Fsp3) is 0.462. The number of aryl methyl sites for hydroxylation is 1. The summed E-state index contributed by atoms with van der Waals surface area (Å²) < 4.78 is 4.91. The second-order valence-electron chi connectivity index (χ2n) is 4.37. The molecule has 0 bridgehead atoms. The van der Waals surface area contributed by atoms with Gasteiger partial charge in [0.25, 0.3) is 0 Å². The zero-order valence-electron chi connectivity index (χ0n) is 10.6. The van der Waals surface area contributed by atoms with Crippen LogP contribution in [0.1, 0.15) is 36.7 Å². The standard InChI is InChI=1S/C13H17NO3/c1-5-17-12(16)13(3,4)11(15)10-8-14-7-6-9(10)2/h6-8H,5H2,1-4H3. The van der Waals surface area contributed by atoms with Crippen molar-refractivity contribution in [2.75, 3.05) is 6.61 Å². The third kappa shape index (κ3) is 2.70. The van der Waals surface area contributed by atoms with Gasteiger partial charge >= 0.3 is 5.97 Å². The van der Waals surface area contributed by atoms with E-state index in [9.17, 15) is 9.59 Å². The molecule has 0 atom stereocenters. The zero-order valence-corrected chi connectivity index (χ0v) is 10.6. The van der Waals surface area contributed by atoms with Crippen molar-refractivity contribution in [2.24, 2.45) is 5.41 Å². The van der Waals surface area contributed by atoms with Gasteiger partial charge < -0.3 is 4.74 Å². The molecule has 0 aliphatic heterocycles. The summed E-state index contributed by atoms with van der Waals surface area (Å²) in [6, 6.07) is 1.74. The fourth-order valence-corrected chi connectivity index (χ4v) is 1.44. The summed E-state index contributed by atoms with van der Waals surface area (Å²) in [5.74, 6) is -0.769. The van der Waals surface area contributed by atoms with Crippen LogP contribution in [0, 0.1) is 12.3 Å². The van der Waals surface area contributed by atoms with Crippen molar-refractivity contribution in [2.45, 2.75) is 27.7 Å². The van der Waals surface area contributed by atoms with E-state index in [0.29, 0.717) is 5.56 Å². The molecule has 92 valence electrons. The van der Waals surface area contributed by atoms with E-state index in [4.69, 9.17) is 4.74 Å². The Labute approximate surface area is 101 Å². The van der Waals surface area contributed by atoms with Crippen LogP contribution < -0.4 is 0 Å². The number of hydrogen-bond acceptors (Lipinski definition) is 4. The maximum Gasteiger partial charge on any atom is 0.319 e. The topological polar surface area (TPSA) is 56.3 Å². The minimum Gasteiger partial charge on any atom is -0.465 e. The number of carbonyl (C=O) groups is 2. The largest absolute Gasteiger partial charge is 0.465 e. The van der Waals surface area contributed by atoms with Crippen molar-refractivity contribution in [3.63, 3.8) is 0 Å². The number of aromatic nitrogens is 1. The van der Waals surface area contributed by atoms with E-state index in [-0.39, 0.29) is 12.4 Å². The van der Waals surface area contributed by atoms with Crippen molar-refractivity contribution >= 4 is 11.8 Å². The lowest BCUT2D eigenvalue weighted by Crippen LogP contribution is -2.35. The van der Waals surface area contributed by atoms with Crippen LogP contribution in [-0.2, 0) is 9.53 Å². The van der Waals surface area contributed by atoms with Gasteiger partial charge in [-0.2, -0.15) is 0 Å². The lowest BCUT2D eigenvalue weighted by molar-refractivity contribution is -0.150. The molecule has 0 spiro atoms. The number of ether oxygens (including phenoxy) is 1. The molecular weight excluding hydrogens is 218 g/mol. The number of pyridine rings is 1. The first-order valence-electron chi connectivity index (χ1n) is 5.54. The molecule has 0 aromatic carbocycles. The number of ketones is 1. The van der Waals surface area contributed by atoms with E-state index in [1.54, 1.807) is 33.0 Å². The highest BCUT2D eigenvalue weighted by Gasteiger charge is 2.38. The van der Waals surface area contributed by atoms with E-state index in [1.807, 2.05) is 6.92 Å². The Hall–Kier alpha value is -1.71. The van der Waals surface area contributed by atoms with Crippen molar-refractivity contribution in [1.29, 1.82) is 0 Å². The molecule has 1 aromatic rings. The van der Waals surface area contributed by atoms with Crippen LogP contribution in [0.4, 0.5) is 0 Å². The van der Waals surface area contributed by atoms with Gasteiger partial charge in [0.05, 0.1) is 6.61 Å². The third-order valence-electron chi connectivity index (χ3n) is 2.64. The van der Waals surface area contributed by atoms with E-state index >= 15 is 0 Å². The molecule has 1 rings (SSSR count). The predicted molar refractivity (Wildman–Crippen MR) is 63.7 cm³/mol. The number of hydrogen-bond donors (Lipinski definition) is 0. The minimum absolute atomic E-state index is 0.262. The average molecular weight is 235 g/mol. The van der Waals surface area contributed by atoms with Gasteiger partial charge in [0.2, 0.25) is 0 Å². The SMILES string of the molecule is CCOC(=O)C(C)(C)C(=O)c1cnccc1C. The Morgan fingerprint density at radius 3 is 2.59 bits per heavy atom. The Bertz CT molecular complexity index is 438. The molecule has 0 fully saturated rings. The second-order valence-corrected chi connectivity index (χ2v) is 4.37. The molecule has 0 N–H and O–H groups in total. The van der Waals surface area contributed by atoms with Gasteiger partial charge in [0, 0.05) is 18.0 Å². The van der Waals surface area contributed by atoms with Crippen LogP contribution in [0.15, 0.2) is 18.5 Å². The molecular formula is C13H17NO3. The summed E-state index contributed by atoms with van der Waals surface area (Å²) in [6.07, 6.45) is 3.10. The van der Waals surface area contributed by atoms with E-state index in [0.717, 1.165) is 5.56 Å². The van der Waals surface area contributed by atoms with Crippen LogP contribution in [-0.4, -0.2) is 23.3 Å². The van der Waals surface area contributed by atoms with Gasteiger partial charge in [0.1, 0.15) is 5.41 Å². The monoisotopic (exact) mass is 235 g/mol. The lowest BCUT2D eigenvalue weighted by atomic mass is 9.83. The average Bonchev–Trinajstić information content (AvgIpc) is 2.29. The molecule has 0 saturated heterocycles. The number of Topliss-reactive ketones (excluding diaryl/α,β-unsaturated/α-hetero) is 1. The molecule has 0 amide bonds. The summed E-state index contributed by atoms with van der Waals surface area (Å²) in [4.78, 5) is 27.9. The molecule has 1 heterocycles. The first kappa shape index (κ1) is 13.4. The molecule has 1 aromatic heterocycles. The number of nitrogens with zero attached hydrogens (tertiary/aromatic N) is 1. The molecule has 0 aliphatic carbocycles. The van der Waals surface area contributed by atoms with Crippen LogP contribution >= 0.6 is 0 Å². The zero-order chi connectivity index (χ0) is 13.1. The van der Waals surface area contributed by atoms with Gasteiger partial charge in [-0.3, -0.25) is 14.6 Å². The van der Waals surface area contributed by atoms with E-state index < -0.39 is 11.4 Å². The van der Waals surface area contributed by atoms with Gasteiger partial charge in [-0.1, -0.05) is 0 Å². The normalized spacial score (nSPS) is 11.1. The van der Waals surface area contributed by atoms with Gasteiger partial charge in [0.15, 0.2) is 5.78 Å². The van der Waals surface area contributed by atoms with Gasteiger partial charge in [-0.15, -0.1) is 0 Å². The maximum atomic E-state index is 12.3. The summed E-state index contributed by atoms with van der Waals surface area (Å²) in [6.45, 7) is 6.94. The van der Waals surface area contributed by atoms with Crippen molar-refractivity contribution in [3.8, 4) is 0 Å². The fourth-order valence-electron chi connectivity index (χ4n) is 1.44. The first-order chi connectivity index (χ1) is 7.91. The Balaban J connectivity index is 3.05. The van der Waals surface area contributed by atoms with Gasteiger partial charge in [-0.05, 0) is 39.3 Å². The summed E-state index contributed by atoms with van der Waals surface area (Å²) in [7, 11) is 0. The number of esters is 1. The van der Waals surface area contributed by atoms with Crippen LogP contribution in [0.25, 0.3) is 0 Å². The van der Waals surface area contributed by atoms with Crippen molar-refractivity contribution in [1.82, 2.24) is 4.98 Å². The van der Waals surface area contributed by atoms with Crippen LogP contribution in [0.3, 0.4) is 0 Å². The quantitative estimate of drug-likeness (QED) is 0.456. The molecule has 0 aliphatic rings. The highest BCUT2D eigenvalue weighted by atomic mass is 16.5. The predicted octanol–water partition coefficient (Wildman–Crippen LogP) is 2.16. The highest BCUT2D eigenvalue weighted by molar-refractivity contribution is 6.12. The van der Waals surface area contributed by atoms with Crippen LogP contribution in [0.2, 0.25) is 0 Å². The number of carbonyl (C=O) groups excluding carboxylic acids is 2. The molecule has 0 unspecified atom stereocenters. The first-order valence-corrected chi connectivity index (χ1v) is 5.54. The second kappa shape index (κ2) is 5.08. The Morgan fingerprint density at radius 2 is 2.06 bits per heavy atom. The summed E-state index contributed by atoms with van der Waals surface area (Å²) in [5, 5.41) is 0. The van der Waals surface area contributed by atoms with Gasteiger partial charge in [-0.25, -0.2) is 0 Å². The smallest absolute Gasteiger partial charge is 0.319 e. The maximum absolute atomic E-state index is 12.3. The van der Waals surface area contributed by atoms with E-state index in [2.05, 4.69) is 4.98 Å². The summed E-state index contributed by atoms with van der Waals surface area (Å²) in [5.41, 5.74) is 0.0944. The van der Waals surface area contributed by atoms with Crippen LogP contribution in [0.5, 0.6) is 0 Å². The minimum atomic E-state index is -1.18. The Kier molecular flexibility index (Phi) is 3.99. The summed E-state index contributed by atoms with van der Waals surface area (Å²) >= 11 is 0. The Morgan fingerprint density at radius 1 is 1.41 bits per heavy atom. The van der Waals surface area contributed by atoms with Crippen molar-refractivity contribution in [3.05, 3.63) is 29.6 Å². The van der Waals surface area contributed by atoms with E-state index in [1.165, 1.54) is 6.20 Å². The lowest BCUT2D eigenvalue weighted by Gasteiger charge is -2.21.